The van der Waals surface area contributed by atoms with E-state index in [1.165, 1.54) is 5.56 Å². The van der Waals surface area contributed by atoms with Gasteiger partial charge in [0.1, 0.15) is 5.75 Å². The molecule has 82 valence electrons. The van der Waals surface area contributed by atoms with E-state index in [-0.39, 0.29) is 6.04 Å². The van der Waals surface area contributed by atoms with Gasteiger partial charge in [0.25, 0.3) is 0 Å². The minimum Gasteiger partial charge on any atom is -0.497 e. The zero-order valence-electron chi connectivity index (χ0n) is 9.09. The van der Waals surface area contributed by atoms with Crippen molar-refractivity contribution in [1.82, 2.24) is 0 Å². The van der Waals surface area contributed by atoms with E-state index >= 15 is 0 Å². The first-order valence-corrected chi connectivity index (χ1v) is 5.57. The van der Waals surface area contributed by atoms with E-state index in [0.717, 1.165) is 17.0 Å². The van der Waals surface area contributed by atoms with Gasteiger partial charge >= 0.3 is 0 Å². The molecule has 0 saturated heterocycles. The molecule has 2 rings (SSSR count). The molecular formula is C13H13NOS. The SMILES string of the molecule is COc1ccc(CC2N=CC=CC2=S)cc1. The Labute approximate surface area is 101 Å². The standard InChI is InChI=1S/C13H13NOS/c1-15-11-6-4-10(5-7-11)9-12-13(16)3-2-8-14-12/h2-8,12H,9H2,1H3. The lowest BCUT2D eigenvalue weighted by Gasteiger charge is -2.13. The second-order valence-electron chi connectivity index (χ2n) is 3.63. The van der Waals surface area contributed by atoms with Gasteiger partial charge in [0.05, 0.1) is 13.2 Å². The Balaban J connectivity index is 2.06. The molecule has 0 aromatic heterocycles. The van der Waals surface area contributed by atoms with Gasteiger partial charge in [0.2, 0.25) is 0 Å². The normalized spacial score (nSPS) is 18.8. The summed E-state index contributed by atoms with van der Waals surface area (Å²) in [6, 6.07) is 8.12. The van der Waals surface area contributed by atoms with Gasteiger partial charge in [0.15, 0.2) is 0 Å². The first kappa shape index (κ1) is 11.0. The molecule has 1 aromatic carbocycles. The zero-order valence-corrected chi connectivity index (χ0v) is 9.91. The molecule has 1 heterocycles. The maximum Gasteiger partial charge on any atom is 0.118 e. The summed E-state index contributed by atoms with van der Waals surface area (Å²) in [5.74, 6) is 0.873. The summed E-state index contributed by atoms with van der Waals surface area (Å²) in [6.45, 7) is 0. The van der Waals surface area contributed by atoms with Crippen molar-refractivity contribution >= 4 is 23.3 Å². The Bertz CT molecular complexity index is 434. The number of allylic oxidation sites excluding steroid dienone is 1. The Morgan fingerprint density at radius 3 is 2.69 bits per heavy atom. The number of benzene rings is 1. The molecule has 1 unspecified atom stereocenters. The quantitative estimate of drug-likeness (QED) is 0.746. The predicted octanol–water partition coefficient (Wildman–Crippen LogP) is 2.62. The van der Waals surface area contributed by atoms with E-state index in [1.54, 1.807) is 7.11 Å². The summed E-state index contributed by atoms with van der Waals surface area (Å²) in [6.07, 6.45) is 6.48. The lowest BCUT2D eigenvalue weighted by Crippen LogP contribution is -2.19. The molecule has 0 N–H and O–H groups in total. The van der Waals surface area contributed by atoms with Gasteiger partial charge in [-0.05, 0) is 36.3 Å². The van der Waals surface area contributed by atoms with Crippen LogP contribution in [0.25, 0.3) is 0 Å². The first-order valence-electron chi connectivity index (χ1n) is 5.16. The van der Waals surface area contributed by atoms with Crippen molar-refractivity contribution < 1.29 is 4.74 Å². The van der Waals surface area contributed by atoms with Crippen LogP contribution in [0.4, 0.5) is 0 Å². The number of hydrogen-bond donors (Lipinski definition) is 0. The fourth-order valence-electron chi connectivity index (χ4n) is 1.61. The molecule has 1 aliphatic heterocycles. The van der Waals surface area contributed by atoms with E-state index in [4.69, 9.17) is 17.0 Å². The third-order valence-corrected chi connectivity index (χ3v) is 2.94. The molecule has 2 nitrogen and oxygen atoms in total. The van der Waals surface area contributed by atoms with E-state index in [0.29, 0.717) is 0 Å². The molecule has 3 heteroatoms. The van der Waals surface area contributed by atoms with E-state index < -0.39 is 0 Å². The average molecular weight is 231 g/mol. The van der Waals surface area contributed by atoms with Gasteiger partial charge in [-0.15, -0.1) is 0 Å². The Morgan fingerprint density at radius 2 is 2.06 bits per heavy atom. The third-order valence-electron chi connectivity index (χ3n) is 2.53. The largest absolute Gasteiger partial charge is 0.497 e. The summed E-state index contributed by atoms with van der Waals surface area (Å²) >= 11 is 5.25. The molecule has 0 saturated carbocycles. The molecule has 0 fully saturated rings. The van der Waals surface area contributed by atoms with Gasteiger partial charge in [-0.25, -0.2) is 0 Å². The average Bonchev–Trinajstić information content (AvgIpc) is 2.33. The van der Waals surface area contributed by atoms with E-state index in [2.05, 4.69) is 17.1 Å². The third kappa shape index (κ3) is 2.55. The van der Waals surface area contributed by atoms with Crippen LogP contribution in [0.5, 0.6) is 5.75 Å². The summed E-state index contributed by atoms with van der Waals surface area (Å²) in [7, 11) is 1.67. The van der Waals surface area contributed by atoms with Crippen LogP contribution < -0.4 is 4.74 Å². The molecule has 16 heavy (non-hydrogen) atoms. The van der Waals surface area contributed by atoms with Gasteiger partial charge in [0, 0.05) is 11.1 Å². The molecule has 0 bridgehead atoms. The zero-order chi connectivity index (χ0) is 11.4. The van der Waals surface area contributed by atoms with Crippen molar-refractivity contribution in [3.8, 4) is 5.75 Å². The number of dihydropyridines is 1. The fraction of sp³-hybridized carbons (Fsp3) is 0.231. The van der Waals surface area contributed by atoms with Crippen molar-refractivity contribution in [3.63, 3.8) is 0 Å². The van der Waals surface area contributed by atoms with Gasteiger partial charge in [-0.2, -0.15) is 0 Å². The molecular weight excluding hydrogens is 218 g/mol. The minimum atomic E-state index is 0.105. The van der Waals surface area contributed by atoms with E-state index in [9.17, 15) is 0 Å². The van der Waals surface area contributed by atoms with Crippen LogP contribution in [-0.2, 0) is 6.42 Å². The van der Waals surface area contributed by atoms with Crippen molar-refractivity contribution in [2.45, 2.75) is 12.5 Å². The van der Waals surface area contributed by atoms with Crippen LogP contribution in [0.1, 0.15) is 5.56 Å². The van der Waals surface area contributed by atoms with Crippen molar-refractivity contribution in [3.05, 3.63) is 42.0 Å². The van der Waals surface area contributed by atoms with Crippen LogP contribution in [0.3, 0.4) is 0 Å². The lowest BCUT2D eigenvalue weighted by molar-refractivity contribution is 0.414. The highest BCUT2D eigenvalue weighted by Crippen LogP contribution is 2.15. The summed E-state index contributed by atoms with van der Waals surface area (Å²) in [5, 5.41) is 0. The molecule has 0 aliphatic carbocycles. The maximum absolute atomic E-state index is 5.25. The lowest BCUT2D eigenvalue weighted by atomic mass is 10.0. The molecule has 0 radical (unpaired) electrons. The second kappa shape index (κ2) is 5.03. The van der Waals surface area contributed by atoms with Crippen molar-refractivity contribution in [2.75, 3.05) is 7.11 Å². The molecule has 1 atom stereocenters. The minimum absolute atomic E-state index is 0.105. The number of nitrogens with zero attached hydrogens (tertiary/aromatic N) is 1. The monoisotopic (exact) mass is 231 g/mol. The fourth-order valence-corrected chi connectivity index (χ4v) is 1.84. The van der Waals surface area contributed by atoms with Crippen LogP contribution in [0.2, 0.25) is 0 Å². The number of methoxy groups -OCH3 is 1. The maximum atomic E-state index is 5.25. The van der Waals surface area contributed by atoms with Crippen LogP contribution >= 0.6 is 12.2 Å². The summed E-state index contributed by atoms with van der Waals surface area (Å²) in [5.41, 5.74) is 1.22. The molecule has 0 spiro atoms. The molecule has 1 aromatic rings. The van der Waals surface area contributed by atoms with Crippen LogP contribution in [0, 0.1) is 0 Å². The Kier molecular flexibility index (Phi) is 3.47. The van der Waals surface area contributed by atoms with E-state index in [1.807, 2.05) is 30.5 Å². The highest BCUT2D eigenvalue weighted by molar-refractivity contribution is 7.80. The highest BCUT2D eigenvalue weighted by Gasteiger charge is 2.12. The van der Waals surface area contributed by atoms with Crippen molar-refractivity contribution in [1.29, 1.82) is 0 Å². The Morgan fingerprint density at radius 1 is 1.31 bits per heavy atom. The number of rotatable bonds is 3. The number of thiocarbonyl (C=S) groups is 1. The number of hydrogen-bond acceptors (Lipinski definition) is 3. The second-order valence-corrected chi connectivity index (χ2v) is 4.10. The number of ether oxygens (including phenoxy) is 1. The van der Waals surface area contributed by atoms with Crippen molar-refractivity contribution in [2.24, 2.45) is 4.99 Å². The first-order chi connectivity index (χ1) is 7.79. The molecule has 1 aliphatic rings. The summed E-state index contributed by atoms with van der Waals surface area (Å²) in [4.78, 5) is 5.27. The van der Waals surface area contributed by atoms with Gasteiger partial charge in [-0.3, -0.25) is 4.99 Å². The molecule has 0 amide bonds. The Hall–Kier alpha value is -1.48. The van der Waals surface area contributed by atoms with Gasteiger partial charge < -0.3 is 4.74 Å². The topological polar surface area (TPSA) is 21.6 Å². The van der Waals surface area contributed by atoms with Crippen LogP contribution in [-0.4, -0.2) is 24.2 Å². The van der Waals surface area contributed by atoms with Crippen LogP contribution in [0.15, 0.2) is 41.4 Å². The van der Waals surface area contributed by atoms with Gasteiger partial charge in [-0.1, -0.05) is 24.4 Å². The highest BCUT2D eigenvalue weighted by atomic mass is 32.1. The summed E-state index contributed by atoms with van der Waals surface area (Å²) < 4.78 is 5.11. The number of aliphatic imine (C=N–C) groups is 1. The predicted molar refractivity (Wildman–Crippen MR) is 70.7 cm³/mol. The smallest absolute Gasteiger partial charge is 0.118 e.